The molecule has 1 unspecified atom stereocenters. The van der Waals surface area contributed by atoms with Crippen molar-refractivity contribution in [2.45, 2.75) is 89.7 Å². The Kier molecular flexibility index (Phi) is 7.06. The van der Waals surface area contributed by atoms with E-state index in [0.717, 1.165) is 49.2 Å². The maximum absolute atomic E-state index is 13.6. The van der Waals surface area contributed by atoms with Crippen LogP contribution in [0.3, 0.4) is 0 Å². The fraction of sp³-hybridized carbons (Fsp3) is 0.645. The van der Waals surface area contributed by atoms with E-state index >= 15 is 0 Å². The number of aliphatic hydroxyl groups is 1. The molecule has 0 radical (unpaired) electrons. The molecule has 204 valence electrons. The first-order valence-corrected chi connectivity index (χ1v) is 14.9. The zero-order valence-corrected chi connectivity index (χ0v) is 22.9. The van der Waals surface area contributed by atoms with E-state index in [-0.39, 0.29) is 11.3 Å². The highest BCUT2D eigenvalue weighted by molar-refractivity contribution is 5.78. The predicted octanol–water partition coefficient (Wildman–Crippen LogP) is 5.48. The number of β-amino-alcohol motifs (C(OH)–C–C–N with tert-alkyl or cyclic N) is 1. The minimum atomic E-state index is -0.828. The minimum absolute atomic E-state index is 0.0801. The number of carbonyl (C=O) groups excluding carboxylic acids is 1. The Bertz CT molecular complexity index is 1150. The van der Waals surface area contributed by atoms with Gasteiger partial charge in [-0.05, 0) is 43.7 Å². The zero-order chi connectivity index (χ0) is 26.2. The summed E-state index contributed by atoms with van der Waals surface area (Å²) in [7, 11) is 0. The van der Waals surface area contributed by atoms with Crippen LogP contribution in [0, 0.1) is 17.3 Å². The van der Waals surface area contributed by atoms with Gasteiger partial charge in [0, 0.05) is 43.1 Å². The summed E-state index contributed by atoms with van der Waals surface area (Å²) in [5, 5.41) is 16.8. The van der Waals surface area contributed by atoms with E-state index in [9.17, 15) is 9.90 Å². The van der Waals surface area contributed by atoms with Crippen molar-refractivity contribution in [3.8, 4) is 5.69 Å². The summed E-state index contributed by atoms with van der Waals surface area (Å²) >= 11 is 0. The van der Waals surface area contributed by atoms with E-state index in [1.54, 1.807) is 0 Å². The average Bonchev–Trinajstić information content (AvgIpc) is 3.59. The molecule has 1 aromatic carbocycles. The summed E-state index contributed by atoms with van der Waals surface area (Å²) in [5.41, 5.74) is 1.02. The highest BCUT2D eigenvalue weighted by Crippen LogP contribution is 2.51. The number of fused-ring (bicyclic) bond motifs is 1. The Hall–Kier alpha value is -2.67. The summed E-state index contributed by atoms with van der Waals surface area (Å²) < 4.78 is 1.88. The molecule has 2 saturated carbocycles. The first-order valence-electron chi connectivity index (χ1n) is 14.9. The molecule has 2 atom stereocenters. The minimum Gasteiger partial charge on any atom is -0.387 e. The lowest BCUT2D eigenvalue weighted by Gasteiger charge is -2.54. The van der Waals surface area contributed by atoms with Gasteiger partial charge in [-0.2, -0.15) is 5.10 Å². The maximum atomic E-state index is 13.6. The van der Waals surface area contributed by atoms with Crippen LogP contribution in [0.5, 0.6) is 0 Å². The van der Waals surface area contributed by atoms with E-state index in [1.807, 2.05) is 47.5 Å². The molecule has 1 amide bonds. The van der Waals surface area contributed by atoms with Gasteiger partial charge in [0.15, 0.2) is 5.82 Å². The van der Waals surface area contributed by atoms with Gasteiger partial charge >= 0.3 is 0 Å². The molecule has 2 aromatic rings. The third-order valence-corrected chi connectivity index (χ3v) is 9.98. The second kappa shape index (κ2) is 10.5. The number of benzene rings is 1. The maximum Gasteiger partial charge on any atom is 0.225 e. The van der Waals surface area contributed by atoms with Gasteiger partial charge in [-0.1, -0.05) is 70.1 Å². The smallest absolute Gasteiger partial charge is 0.225 e. The molecule has 7 nitrogen and oxygen atoms in total. The fourth-order valence-corrected chi connectivity index (χ4v) is 7.83. The van der Waals surface area contributed by atoms with Crippen molar-refractivity contribution in [2.75, 3.05) is 19.6 Å². The molecule has 0 bridgehead atoms. The molecule has 2 aliphatic carbocycles. The van der Waals surface area contributed by atoms with E-state index < -0.39 is 5.60 Å². The highest BCUT2D eigenvalue weighted by atomic mass is 16.3. The first kappa shape index (κ1) is 25.6. The van der Waals surface area contributed by atoms with Crippen LogP contribution in [0.15, 0.2) is 41.5 Å². The molecular formula is C31H43N5O2. The molecule has 6 rings (SSSR count). The van der Waals surface area contributed by atoms with Crippen LogP contribution in [0.1, 0.15) is 83.1 Å². The molecule has 7 heteroatoms. The van der Waals surface area contributed by atoms with E-state index in [2.05, 4.69) is 21.8 Å². The first-order chi connectivity index (χ1) is 18.5. The van der Waals surface area contributed by atoms with Gasteiger partial charge in [0.05, 0.1) is 23.8 Å². The number of amides is 1. The van der Waals surface area contributed by atoms with Crippen molar-refractivity contribution in [1.29, 1.82) is 0 Å². The Morgan fingerprint density at radius 3 is 2.61 bits per heavy atom. The van der Waals surface area contributed by atoms with Gasteiger partial charge in [0.25, 0.3) is 0 Å². The summed E-state index contributed by atoms with van der Waals surface area (Å²) in [6.45, 7) is 4.71. The molecule has 4 aliphatic rings. The highest BCUT2D eigenvalue weighted by Gasteiger charge is 2.56. The topological polar surface area (TPSA) is 74.0 Å². The largest absolute Gasteiger partial charge is 0.387 e. The van der Waals surface area contributed by atoms with Crippen molar-refractivity contribution in [2.24, 2.45) is 22.2 Å². The van der Waals surface area contributed by atoms with E-state index in [1.165, 1.54) is 32.1 Å². The number of likely N-dealkylation sites (tertiary alicyclic amines) is 1. The fourth-order valence-electron chi connectivity index (χ4n) is 7.83. The predicted molar refractivity (Wildman–Crippen MR) is 150 cm³/mol. The van der Waals surface area contributed by atoms with Crippen molar-refractivity contribution in [3.05, 3.63) is 42.1 Å². The SMILES string of the molecule is C[C@H](CC1CCCCC1)C(=O)N1CCC(O)(CN2C=Nc3c(cnn3-c3ccccc3)C2)C2(CCCC2)C1. The number of nitrogens with zero attached hydrogens (tertiary/aromatic N) is 5. The number of aromatic nitrogens is 2. The Labute approximate surface area is 226 Å². The monoisotopic (exact) mass is 517 g/mol. The van der Waals surface area contributed by atoms with Crippen LogP contribution in [-0.2, 0) is 11.3 Å². The lowest BCUT2D eigenvalue weighted by molar-refractivity contribution is -0.162. The number of rotatable bonds is 6. The normalized spacial score (nSPS) is 26.1. The third-order valence-electron chi connectivity index (χ3n) is 9.98. The van der Waals surface area contributed by atoms with Crippen molar-refractivity contribution < 1.29 is 9.90 Å². The van der Waals surface area contributed by atoms with Crippen LogP contribution in [0.2, 0.25) is 0 Å². The van der Waals surface area contributed by atoms with Crippen molar-refractivity contribution in [1.82, 2.24) is 19.6 Å². The molecule has 2 aliphatic heterocycles. The molecule has 1 aromatic heterocycles. The second-order valence-electron chi connectivity index (χ2n) is 12.6. The summed E-state index contributed by atoms with van der Waals surface area (Å²) in [6, 6.07) is 10.1. The van der Waals surface area contributed by atoms with E-state index in [0.29, 0.717) is 44.4 Å². The molecule has 3 heterocycles. The van der Waals surface area contributed by atoms with Crippen LogP contribution >= 0.6 is 0 Å². The van der Waals surface area contributed by atoms with Crippen LogP contribution in [0.4, 0.5) is 5.82 Å². The number of aliphatic imine (C=N–C) groups is 1. The number of piperidine rings is 1. The Morgan fingerprint density at radius 2 is 1.84 bits per heavy atom. The second-order valence-corrected chi connectivity index (χ2v) is 12.6. The standard InChI is InChI=1S/C31H43N5O2/c1-24(18-25-10-4-2-5-11-25)29(37)35-17-16-31(38,30(21-35)14-8-9-15-30)22-34-20-26-19-33-36(28(26)32-23-34)27-12-6-3-7-13-27/h3,6-7,12-13,19,23-25,38H,2,4-5,8-11,14-18,20-22H2,1H3/t24-,31?/m1/s1. The van der Waals surface area contributed by atoms with Crippen molar-refractivity contribution in [3.63, 3.8) is 0 Å². The van der Waals surface area contributed by atoms with Crippen LogP contribution < -0.4 is 0 Å². The average molecular weight is 518 g/mol. The van der Waals surface area contributed by atoms with Crippen molar-refractivity contribution >= 4 is 18.1 Å². The number of hydrogen-bond acceptors (Lipinski definition) is 5. The summed E-state index contributed by atoms with van der Waals surface area (Å²) in [6.07, 6.45) is 16.2. The molecule has 3 fully saturated rings. The van der Waals surface area contributed by atoms with Gasteiger partial charge in [0.1, 0.15) is 0 Å². The number of para-hydroxylation sites is 1. The summed E-state index contributed by atoms with van der Waals surface area (Å²) in [4.78, 5) is 22.6. The van der Waals surface area contributed by atoms with Gasteiger partial charge < -0.3 is 14.9 Å². The van der Waals surface area contributed by atoms with Gasteiger partial charge in [0.2, 0.25) is 5.91 Å². The molecule has 1 spiro atoms. The zero-order valence-electron chi connectivity index (χ0n) is 22.9. The van der Waals surface area contributed by atoms with Gasteiger partial charge in [-0.15, -0.1) is 0 Å². The molecule has 1 saturated heterocycles. The molecular weight excluding hydrogens is 474 g/mol. The Balaban J connectivity index is 1.14. The molecule has 38 heavy (non-hydrogen) atoms. The van der Waals surface area contributed by atoms with E-state index in [4.69, 9.17) is 4.99 Å². The number of hydrogen-bond donors (Lipinski definition) is 1. The lowest BCUT2D eigenvalue weighted by atomic mass is 9.65. The lowest BCUT2D eigenvalue weighted by Crippen LogP contribution is -2.64. The molecule has 1 N–H and O–H groups in total. The van der Waals surface area contributed by atoms with Gasteiger partial charge in [-0.25, -0.2) is 9.67 Å². The third kappa shape index (κ3) is 4.78. The van der Waals surface area contributed by atoms with Gasteiger partial charge in [-0.3, -0.25) is 4.79 Å². The quantitative estimate of drug-likeness (QED) is 0.551. The Morgan fingerprint density at radius 1 is 1.08 bits per heavy atom. The van der Waals surface area contributed by atoms with Crippen LogP contribution in [0.25, 0.3) is 5.69 Å². The summed E-state index contributed by atoms with van der Waals surface area (Å²) in [5.74, 6) is 1.96. The van der Waals surface area contributed by atoms with Crippen LogP contribution in [-0.4, -0.2) is 62.2 Å². The number of carbonyl (C=O) groups is 1.